The van der Waals surface area contributed by atoms with Gasteiger partial charge in [-0.3, -0.25) is 14.4 Å². The number of nitrogens with one attached hydrogen (secondary N) is 2. The Kier molecular flexibility index (Phi) is 5.83. The SMILES string of the molecule is CN1Cc2cc(C(=O)N[C@@H](CC3(C)CCCC3)C(=O)N3CCC4OCC(=O)C43)ccc2NC1=O. The van der Waals surface area contributed by atoms with E-state index in [4.69, 9.17) is 4.74 Å². The lowest BCUT2D eigenvalue weighted by atomic mass is 9.81. The Bertz CT molecular complexity index is 1030. The van der Waals surface area contributed by atoms with Crippen LogP contribution in [0.25, 0.3) is 0 Å². The summed E-state index contributed by atoms with van der Waals surface area (Å²) in [6, 6.07) is 3.73. The number of rotatable bonds is 5. The Labute approximate surface area is 199 Å². The van der Waals surface area contributed by atoms with E-state index >= 15 is 0 Å². The van der Waals surface area contributed by atoms with Crippen molar-refractivity contribution in [3.8, 4) is 0 Å². The van der Waals surface area contributed by atoms with Crippen LogP contribution in [0.15, 0.2) is 18.2 Å². The molecule has 3 heterocycles. The van der Waals surface area contributed by atoms with Gasteiger partial charge in [-0.05, 0) is 54.9 Å². The molecule has 3 aliphatic heterocycles. The average molecular weight is 469 g/mol. The second-order valence-corrected chi connectivity index (χ2v) is 10.5. The monoisotopic (exact) mass is 468 g/mol. The molecule has 34 heavy (non-hydrogen) atoms. The van der Waals surface area contributed by atoms with E-state index in [9.17, 15) is 19.2 Å². The first-order valence-electron chi connectivity index (χ1n) is 12.1. The molecular weight excluding hydrogens is 436 g/mol. The van der Waals surface area contributed by atoms with Crippen molar-refractivity contribution in [2.75, 3.05) is 25.5 Å². The molecule has 1 aromatic rings. The maximum absolute atomic E-state index is 13.7. The number of ether oxygens (including phenoxy) is 1. The highest BCUT2D eigenvalue weighted by atomic mass is 16.5. The first-order valence-corrected chi connectivity index (χ1v) is 12.1. The van der Waals surface area contributed by atoms with Gasteiger partial charge < -0.3 is 25.2 Å². The van der Waals surface area contributed by atoms with Gasteiger partial charge in [0.15, 0.2) is 5.78 Å². The molecule has 9 nitrogen and oxygen atoms in total. The van der Waals surface area contributed by atoms with Gasteiger partial charge in [0, 0.05) is 31.4 Å². The van der Waals surface area contributed by atoms with E-state index in [1.165, 1.54) is 0 Å². The van der Waals surface area contributed by atoms with Crippen LogP contribution in [0.3, 0.4) is 0 Å². The van der Waals surface area contributed by atoms with E-state index in [-0.39, 0.29) is 41.8 Å². The number of urea groups is 1. The van der Waals surface area contributed by atoms with Crippen LogP contribution in [-0.2, 0) is 20.9 Å². The number of carbonyl (C=O) groups excluding carboxylic acids is 4. The molecule has 5 rings (SSSR count). The minimum absolute atomic E-state index is 0.0221. The van der Waals surface area contributed by atoms with E-state index in [0.717, 1.165) is 31.2 Å². The summed E-state index contributed by atoms with van der Waals surface area (Å²) < 4.78 is 5.56. The van der Waals surface area contributed by atoms with Gasteiger partial charge in [-0.2, -0.15) is 0 Å². The van der Waals surface area contributed by atoms with Gasteiger partial charge in [-0.15, -0.1) is 0 Å². The Morgan fingerprint density at radius 2 is 2.03 bits per heavy atom. The molecule has 4 aliphatic rings. The van der Waals surface area contributed by atoms with Crippen molar-refractivity contribution in [2.45, 2.75) is 70.2 Å². The lowest BCUT2D eigenvalue weighted by Gasteiger charge is -2.33. The van der Waals surface area contributed by atoms with Gasteiger partial charge in [0.05, 0.1) is 6.10 Å². The Hall–Kier alpha value is -2.94. The predicted octanol–water partition coefficient (Wildman–Crippen LogP) is 2.30. The molecule has 0 aromatic heterocycles. The number of fused-ring (bicyclic) bond motifs is 2. The molecule has 2 N–H and O–H groups in total. The molecule has 1 aliphatic carbocycles. The first-order chi connectivity index (χ1) is 16.2. The third-order valence-electron chi connectivity index (χ3n) is 7.87. The predicted molar refractivity (Wildman–Crippen MR) is 124 cm³/mol. The normalized spacial score (nSPS) is 26.2. The van der Waals surface area contributed by atoms with E-state index in [1.807, 2.05) is 0 Å². The van der Waals surface area contributed by atoms with E-state index in [1.54, 1.807) is 35.0 Å². The Morgan fingerprint density at radius 1 is 1.26 bits per heavy atom. The number of hydrogen-bond donors (Lipinski definition) is 2. The summed E-state index contributed by atoms with van der Waals surface area (Å²) >= 11 is 0. The van der Waals surface area contributed by atoms with E-state index < -0.39 is 12.1 Å². The number of benzene rings is 1. The molecule has 0 radical (unpaired) electrons. The fourth-order valence-corrected chi connectivity index (χ4v) is 5.93. The molecule has 4 amide bonds. The minimum Gasteiger partial charge on any atom is -0.368 e. The topological polar surface area (TPSA) is 108 Å². The standard InChI is InChI=1S/C25H32N4O5/c1-25(8-3-4-9-25)12-18(23(32)29-10-7-20-21(29)19(30)14-34-20)26-22(31)15-5-6-17-16(11-15)13-28(2)24(33)27-17/h5-6,11,18,20-21H,3-4,7-10,12-14H2,1-2H3,(H,26,31)(H,27,33)/t18-,20?,21?/m0/s1. The van der Waals surface area contributed by atoms with Gasteiger partial charge >= 0.3 is 6.03 Å². The second kappa shape index (κ2) is 8.69. The summed E-state index contributed by atoms with van der Waals surface area (Å²) in [7, 11) is 1.69. The number of likely N-dealkylation sites (tertiary alicyclic amines) is 1. The molecule has 3 fully saturated rings. The van der Waals surface area contributed by atoms with Gasteiger partial charge in [0.25, 0.3) is 5.91 Å². The fraction of sp³-hybridized carbons (Fsp3) is 0.600. The largest absolute Gasteiger partial charge is 0.368 e. The molecule has 182 valence electrons. The number of nitrogens with zero attached hydrogens (tertiary/aromatic N) is 2. The summed E-state index contributed by atoms with van der Waals surface area (Å²) in [6.07, 6.45) is 5.24. The van der Waals surface area contributed by atoms with Crippen LogP contribution in [0.4, 0.5) is 10.5 Å². The molecule has 0 spiro atoms. The van der Waals surface area contributed by atoms with Crippen LogP contribution in [0, 0.1) is 5.41 Å². The van der Waals surface area contributed by atoms with Gasteiger partial charge in [-0.1, -0.05) is 19.8 Å². The molecule has 9 heteroatoms. The Balaban J connectivity index is 1.37. The highest BCUT2D eigenvalue weighted by molar-refractivity contribution is 6.00. The van der Waals surface area contributed by atoms with Crippen molar-refractivity contribution in [3.63, 3.8) is 0 Å². The smallest absolute Gasteiger partial charge is 0.321 e. The van der Waals surface area contributed by atoms with Crippen molar-refractivity contribution in [1.29, 1.82) is 0 Å². The van der Waals surface area contributed by atoms with Crippen LogP contribution < -0.4 is 10.6 Å². The van der Waals surface area contributed by atoms with Crippen LogP contribution in [0.5, 0.6) is 0 Å². The zero-order chi connectivity index (χ0) is 24.0. The molecular formula is C25H32N4O5. The maximum atomic E-state index is 13.7. The number of Topliss-reactive ketones (excluding diaryl/α,β-unsaturated/α-hetero) is 1. The van der Waals surface area contributed by atoms with Gasteiger partial charge in [-0.25, -0.2) is 4.79 Å². The molecule has 2 unspecified atom stereocenters. The molecule has 1 aromatic carbocycles. The van der Waals surface area contributed by atoms with Gasteiger partial charge in [0.2, 0.25) is 5.91 Å². The quantitative estimate of drug-likeness (QED) is 0.690. The minimum atomic E-state index is -0.707. The molecule has 0 bridgehead atoms. The number of ketones is 1. The van der Waals surface area contributed by atoms with E-state index in [0.29, 0.717) is 37.2 Å². The molecule has 3 atom stereocenters. The van der Waals surface area contributed by atoms with Crippen LogP contribution in [0.1, 0.15) is 61.4 Å². The molecule has 2 saturated heterocycles. The third kappa shape index (κ3) is 4.17. The van der Waals surface area contributed by atoms with Crippen molar-refractivity contribution in [1.82, 2.24) is 15.1 Å². The van der Waals surface area contributed by atoms with Crippen LogP contribution >= 0.6 is 0 Å². The summed E-state index contributed by atoms with van der Waals surface area (Å²) in [5.41, 5.74) is 1.95. The van der Waals surface area contributed by atoms with Crippen LogP contribution in [0.2, 0.25) is 0 Å². The number of hydrogen-bond acceptors (Lipinski definition) is 5. The van der Waals surface area contributed by atoms with Crippen LogP contribution in [-0.4, -0.2) is 71.8 Å². The lowest BCUT2D eigenvalue weighted by Crippen LogP contribution is -2.53. The lowest BCUT2D eigenvalue weighted by molar-refractivity contribution is -0.138. The highest BCUT2D eigenvalue weighted by Gasteiger charge is 2.49. The zero-order valence-corrected chi connectivity index (χ0v) is 19.8. The van der Waals surface area contributed by atoms with Crippen molar-refractivity contribution in [3.05, 3.63) is 29.3 Å². The van der Waals surface area contributed by atoms with E-state index in [2.05, 4.69) is 17.6 Å². The second-order valence-electron chi connectivity index (χ2n) is 10.5. The summed E-state index contributed by atoms with van der Waals surface area (Å²) in [4.78, 5) is 54.4. The Morgan fingerprint density at radius 3 is 2.79 bits per heavy atom. The molecule has 1 saturated carbocycles. The highest BCUT2D eigenvalue weighted by Crippen LogP contribution is 2.42. The van der Waals surface area contributed by atoms with Crippen molar-refractivity contribution >= 4 is 29.3 Å². The number of anilines is 1. The van der Waals surface area contributed by atoms with Crippen molar-refractivity contribution in [2.24, 2.45) is 5.41 Å². The number of amides is 4. The van der Waals surface area contributed by atoms with Crippen molar-refractivity contribution < 1.29 is 23.9 Å². The summed E-state index contributed by atoms with van der Waals surface area (Å²) in [5.74, 6) is -0.585. The summed E-state index contributed by atoms with van der Waals surface area (Å²) in [5, 5.41) is 5.80. The summed E-state index contributed by atoms with van der Waals surface area (Å²) in [6.45, 7) is 3.10. The average Bonchev–Trinajstić information content (AvgIpc) is 3.52. The third-order valence-corrected chi connectivity index (χ3v) is 7.87. The maximum Gasteiger partial charge on any atom is 0.321 e. The van der Waals surface area contributed by atoms with Gasteiger partial charge in [0.1, 0.15) is 18.7 Å². The zero-order valence-electron chi connectivity index (χ0n) is 19.8. The number of carbonyl (C=O) groups is 4. The fourth-order valence-electron chi connectivity index (χ4n) is 5.93. The first kappa shape index (κ1) is 22.8.